The van der Waals surface area contributed by atoms with E-state index in [0.29, 0.717) is 30.2 Å². The zero-order chi connectivity index (χ0) is 17.8. The molecule has 3 rings (SSSR count). The van der Waals surface area contributed by atoms with Crippen molar-refractivity contribution in [2.24, 2.45) is 5.92 Å². The van der Waals surface area contributed by atoms with Crippen LogP contribution in [0.25, 0.3) is 0 Å². The Morgan fingerprint density at radius 1 is 1.32 bits per heavy atom. The van der Waals surface area contributed by atoms with Gasteiger partial charge >= 0.3 is 12.0 Å². The second-order valence-electron chi connectivity index (χ2n) is 6.10. The van der Waals surface area contributed by atoms with Crippen LogP contribution in [0.15, 0.2) is 42.7 Å². The highest BCUT2D eigenvalue weighted by molar-refractivity contribution is 6.33. The lowest BCUT2D eigenvalue weighted by Crippen LogP contribution is -2.33. The number of amides is 2. The Bertz CT molecular complexity index is 797. The van der Waals surface area contributed by atoms with Crippen LogP contribution in [0, 0.1) is 5.92 Å². The molecule has 25 heavy (non-hydrogen) atoms. The Kier molecular flexibility index (Phi) is 5.19. The van der Waals surface area contributed by atoms with Crippen LogP contribution in [0.3, 0.4) is 0 Å². The van der Waals surface area contributed by atoms with E-state index in [2.05, 4.69) is 10.3 Å². The second kappa shape index (κ2) is 7.53. The van der Waals surface area contributed by atoms with Gasteiger partial charge in [-0.2, -0.15) is 0 Å². The maximum absolute atomic E-state index is 12.4. The number of carbonyl (C=O) groups is 2. The first-order valence-electron chi connectivity index (χ1n) is 8.00. The largest absolute Gasteiger partial charge is 0.478 e. The van der Waals surface area contributed by atoms with Gasteiger partial charge in [-0.15, -0.1) is 0 Å². The Labute approximate surface area is 150 Å². The highest BCUT2D eigenvalue weighted by Gasteiger charge is 2.27. The molecule has 2 amide bonds. The van der Waals surface area contributed by atoms with Crippen LogP contribution in [0.2, 0.25) is 5.02 Å². The number of anilines is 1. The number of carboxylic acids is 1. The smallest absolute Gasteiger partial charge is 0.337 e. The topological polar surface area (TPSA) is 82.5 Å². The van der Waals surface area contributed by atoms with Crippen molar-refractivity contribution in [2.45, 2.75) is 12.8 Å². The second-order valence-corrected chi connectivity index (χ2v) is 6.51. The van der Waals surface area contributed by atoms with E-state index in [0.717, 1.165) is 12.0 Å². The van der Waals surface area contributed by atoms with E-state index in [1.165, 1.54) is 6.20 Å². The van der Waals surface area contributed by atoms with Crippen LogP contribution < -0.4 is 5.32 Å². The summed E-state index contributed by atoms with van der Waals surface area (Å²) in [5.41, 5.74) is 1.65. The van der Waals surface area contributed by atoms with E-state index in [-0.39, 0.29) is 17.5 Å². The Morgan fingerprint density at radius 3 is 2.88 bits per heavy atom. The van der Waals surface area contributed by atoms with Crippen molar-refractivity contribution in [3.05, 3.63) is 58.9 Å². The van der Waals surface area contributed by atoms with E-state index in [4.69, 9.17) is 16.7 Å². The molecular formula is C18H18ClN3O3. The van der Waals surface area contributed by atoms with Gasteiger partial charge in [-0.1, -0.05) is 23.7 Å². The number of halogens is 1. The van der Waals surface area contributed by atoms with Crippen molar-refractivity contribution in [1.82, 2.24) is 9.88 Å². The summed E-state index contributed by atoms with van der Waals surface area (Å²) in [5.74, 6) is -0.704. The molecular weight excluding hydrogens is 342 g/mol. The minimum absolute atomic E-state index is 0.173. The van der Waals surface area contributed by atoms with Crippen LogP contribution in [0.1, 0.15) is 22.3 Å². The number of aromatic nitrogens is 1. The molecule has 0 saturated carbocycles. The molecule has 7 heteroatoms. The molecule has 1 aromatic heterocycles. The van der Waals surface area contributed by atoms with Gasteiger partial charge in [0, 0.05) is 25.5 Å². The van der Waals surface area contributed by atoms with Gasteiger partial charge in [0.2, 0.25) is 0 Å². The van der Waals surface area contributed by atoms with Crippen molar-refractivity contribution in [3.63, 3.8) is 0 Å². The SMILES string of the molecule is O=C(O)c1cncc(CC2CCN(C(=O)Nc3ccccc3Cl)C2)c1. The fourth-order valence-corrected chi connectivity index (χ4v) is 3.17. The van der Waals surface area contributed by atoms with Crippen LogP contribution in [0.4, 0.5) is 10.5 Å². The maximum Gasteiger partial charge on any atom is 0.337 e. The summed E-state index contributed by atoms with van der Waals surface area (Å²) in [6.45, 7) is 1.28. The summed E-state index contributed by atoms with van der Waals surface area (Å²) in [6.07, 6.45) is 4.58. The normalized spacial score (nSPS) is 16.7. The van der Waals surface area contributed by atoms with Gasteiger partial charge in [0.15, 0.2) is 0 Å². The summed E-state index contributed by atoms with van der Waals surface area (Å²) in [5, 5.41) is 12.4. The highest BCUT2D eigenvalue weighted by atomic mass is 35.5. The number of likely N-dealkylation sites (tertiary alicyclic amines) is 1. The number of aromatic carboxylic acids is 1. The van der Waals surface area contributed by atoms with Gasteiger partial charge in [0.1, 0.15) is 0 Å². The van der Waals surface area contributed by atoms with E-state index >= 15 is 0 Å². The third-order valence-electron chi connectivity index (χ3n) is 4.25. The van der Waals surface area contributed by atoms with Gasteiger partial charge in [0.05, 0.1) is 16.3 Å². The predicted molar refractivity (Wildman–Crippen MR) is 95.1 cm³/mol. The first kappa shape index (κ1) is 17.2. The number of carbonyl (C=O) groups excluding carboxylic acids is 1. The van der Waals surface area contributed by atoms with Gasteiger partial charge < -0.3 is 15.3 Å². The molecule has 1 unspecified atom stereocenters. The number of urea groups is 1. The van der Waals surface area contributed by atoms with Crippen LogP contribution in [0.5, 0.6) is 0 Å². The molecule has 2 heterocycles. The third-order valence-corrected chi connectivity index (χ3v) is 4.58. The number of carboxylic acid groups (broad SMARTS) is 1. The number of nitrogens with one attached hydrogen (secondary N) is 1. The van der Waals surface area contributed by atoms with Crippen molar-refractivity contribution in [1.29, 1.82) is 0 Å². The van der Waals surface area contributed by atoms with Gasteiger partial charge in [-0.25, -0.2) is 9.59 Å². The van der Waals surface area contributed by atoms with Crippen LogP contribution in [-0.2, 0) is 6.42 Å². The van der Waals surface area contributed by atoms with Crippen molar-refractivity contribution < 1.29 is 14.7 Å². The molecule has 1 saturated heterocycles. The lowest BCUT2D eigenvalue weighted by Gasteiger charge is -2.18. The number of rotatable bonds is 4. The molecule has 1 aromatic carbocycles. The zero-order valence-electron chi connectivity index (χ0n) is 13.5. The van der Waals surface area contributed by atoms with Gasteiger partial charge in [0.25, 0.3) is 0 Å². The molecule has 1 fully saturated rings. The Morgan fingerprint density at radius 2 is 2.12 bits per heavy atom. The minimum Gasteiger partial charge on any atom is -0.478 e. The average molecular weight is 360 g/mol. The number of hydrogen-bond donors (Lipinski definition) is 2. The monoisotopic (exact) mass is 359 g/mol. The van der Waals surface area contributed by atoms with E-state index in [1.54, 1.807) is 29.3 Å². The zero-order valence-corrected chi connectivity index (χ0v) is 14.2. The van der Waals surface area contributed by atoms with E-state index in [9.17, 15) is 9.59 Å². The Hall–Kier alpha value is -2.60. The summed E-state index contributed by atoms with van der Waals surface area (Å²) in [6, 6.07) is 8.58. The quantitative estimate of drug-likeness (QED) is 0.874. The molecule has 0 spiro atoms. The molecule has 2 N–H and O–H groups in total. The summed E-state index contributed by atoms with van der Waals surface area (Å²) in [4.78, 5) is 29.1. The minimum atomic E-state index is -0.985. The lowest BCUT2D eigenvalue weighted by molar-refractivity contribution is 0.0696. The number of pyridine rings is 1. The number of hydrogen-bond acceptors (Lipinski definition) is 3. The fourth-order valence-electron chi connectivity index (χ4n) is 2.99. The molecule has 130 valence electrons. The fraction of sp³-hybridized carbons (Fsp3) is 0.278. The Balaban J connectivity index is 1.58. The molecule has 0 aliphatic carbocycles. The van der Waals surface area contributed by atoms with Crippen molar-refractivity contribution in [3.8, 4) is 0 Å². The first-order valence-corrected chi connectivity index (χ1v) is 8.38. The molecule has 6 nitrogen and oxygen atoms in total. The van der Waals surface area contributed by atoms with E-state index in [1.807, 2.05) is 12.1 Å². The number of nitrogens with zero attached hydrogens (tertiary/aromatic N) is 2. The standard InChI is InChI=1S/C18H18ClN3O3/c19-15-3-1-2-4-16(15)21-18(25)22-6-5-12(11-22)7-13-8-14(17(23)24)10-20-9-13/h1-4,8-10,12H,5-7,11H2,(H,21,25)(H,23,24). The van der Waals surface area contributed by atoms with Crippen LogP contribution >= 0.6 is 11.6 Å². The van der Waals surface area contributed by atoms with Crippen LogP contribution in [-0.4, -0.2) is 40.1 Å². The lowest BCUT2D eigenvalue weighted by atomic mass is 9.99. The third kappa shape index (κ3) is 4.28. The van der Waals surface area contributed by atoms with Gasteiger partial charge in [-0.05, 0) is 42.5 Å². The molecule has 0 radical (unpaired) electrons. The van der Waals surface area contributed by atoms with Crippen molar-refractivity contribution in [2.75, 3.05) is 18.4 Å². The van der Waals surface area contributed by atoms with Gasteiger partial charge in [-0.3, -0.25) is 4.98 Å². The molecule has 2 aromatic rings. The number of para-hydroxylation sites is 1. The highest BCUT2D eigenvalue weighted by Crippen LogP contribution is 2.24. The first-order chi connectivity index (χ1) is 12.0. The molecule has 1 aliphatic rings. The molecule has 1 aliphatic heterocycles. The summed E-state index contributed by atoms with van der Waals surface area (Å²) < 4.78 is 0. The van der Waals surface area contributed by atoms with Crippen molar-refractivity contribution >= 4 is 29.3 Å². The maximum atomic E-state index is 12.4. The predicted octanol–water partition coefficient (Wildman–Crippen LogP) is 3.53. The summed E-state index contributed by atoms with van der Waals surface area (Å²) in [7, 11) is 0. The number of benzene rings is 1. The molecule has 1 atom stereocenters. The average Bonchev–Trinajstić information content (AvgIpc) is 3.06. The van der Waals surface area contributed by atoms with E-state index < -0.39 is 5.97 Å². The molecule has 0 bridgehead atoms. The summed E-state index contributed by atoms with van der Waals surface area (Å²) >= 11 is 6.06.